The molecule has 2 aromatic heterocycles. The first kappa shape index (κ1) is 24.8. The number of nitro groups is 1. The molecule has 0 spiro atoms. The lowest BCUT2D eigenvalue weighted by molar-refractivity contribution is -0.384. The SMILES string of the molecule is COC(=O)N[C@H](C(=O)N1CCC[C@H]1c1ncc(-c2ccc([N+](=O)[O-])c(-c3cccnc3)c2)[nH]1)C(C)C. The fourth-order valence-electron chi connectivity index (χ4n) is 4.46. The molecule has 0 radical (unpaired) electrons. The number of aromatic amines is 1. The number of carbonyl (C=O) groups is 2. The molecule has 1 fully saturated rings. The molecule has 188 valence electrons. The van der Waals surface area contributed by atoms with Gasteiger partial charge >= 0.3 is 6.09 Å². The number of nitrogens with one attached hydrogen (secondary N) is 2. The second-order valence-electron chi connectivity index (χ2n) is 8.96. The number of rotatable bonds is 7. The number of methoxy groups -OCH3 is 1. The van der Waals surface area contributed by atoms with Crippen molar-refractivity contribution >= 4 is 17.7 Å². The Balaban J connectivity index is 1.62. The summed E-state index contributed by atoms with van der Waals surface area (Å²) < 4.78 is 4.69. The Bertz CT molecular complexity index is 1260. The molecular formula is C25H28N6O5. The predicted octanol–water partition coefficient (Wildman–Crippen LogP) is 4.09. The fourth-order valence-corrected chi connectivity index (χ4v) is 4.46. The van der Waals surface area contributed by atoms with Crippen molar-refractivity contribution in [2.75, 3.05) is 13.7 Å². The predicted molar refractivity (Wildman–Crippen MR) is 132 cm³/mol. The van der Waals surface area contributed by atoms with Crippen LogP contribution >= 0.6 is 0 Å². The number of nitro benzene ring substituents is 1. The molecule has 1 aromatic carbocycles. The normalized spacial score (nSPS) is 16.1. The van der Waals surface area contributed by atoms with E-state index >= 15 is 0 Å². The monoisotopic (exact) mass is 492 g/mol. The second-order valence-corrected chi connectivity index (χ2v) is 8.96. The van der Waals surface area contributed by atoms with E-state index in [4.69, 9.17) is 0 Å². The van der Waals surface area contributed by atoms with Crippen molar-refractivity contribution in [3.63, 3.8) is 0 Å². The number of nitrogens with zero attached hydrogens (tertiary/aromatic N) is 4. The molecule has 1 saturated heterocycles. The van der Waals surface area contributed by atoms with Crippen LogP contribution in [0.1, 0.15) is 38.6 Å². The van der Waals surface area contributed by atoms with Gasteiger partial charge in [0, 0.05) is 36.1 Å². The number of amides is 2. The van der Waals surface area contributed by atoms with E-state index in [0.717, 1.165) is 18.4 Å². The highest BCUT2D eigenvalue weighted by atomic mass is 16.6. The van der Waals surface area contributed by atoms with Crippen LogP contribution in [-0.2, 0) is 9.53 Å². The van der Waals surface area contributed by atoms with Crippen LogP contribution in [0.15, 0.2) is 48.9 Å². The van der Waals surface area contributed by atoms with Crippen molar-refractivity contribution in [1.82, 2.24) is 25.2 Å². The molecule has 36 heavy (non-hydrogen) atoms. The van der Waals surface area contributed by atoms with Crippen molar-refractivity contribution in [3.05, 3.63) is 64.9 Å². The number of carbonyl (C=O) groups excluding carboxylic acids is 2. The van der Waals surface area contributed by atoms with Gasteiger partial charge in [-0.25, -0.2) is 9.78 Å². The zero-order chi connectivity index (χ0) is 25.8. The quantitative estimate of drug-likeness (QED) is 0.373. The molecule has 0 aliphatic carbocycles. The van der Waals surface area contributed by atoms with Crippen molar-refractivity contribution in [2.45, 2.75) is 38.8 Å². The summed E-state index contributed by atoms with van der Waals surface area (Å²) in [4.78, 5) is 50.0. The number of hydrogen-bond acceptors (Lipinski definition) is 7. The minimum atomic E-state index is -0.718. The molecule has 2 atom stereocenters. The van der Waals surface area contributed by atoms with E-state index in [2.05, 4.69) is 25.0 Å². The molecule has 1 aliphatic heterocycles. The highest BCUT2D eigenvalue weighted by Crippen LogP contribution is 2.35. The van der Waals surface area contributed by atoms with Crippen molar-refractivity contribution in [3.8, 4) is 22.4 Å². The number of alkyl carbamates (subject to hydrolysis) is 1. The molecule has 3 aromatic rings. The first-order chi connectivity index (χ1) is 17.3. The summed E-state index contributed by atoms with van der Waals surface area (Å²) in [6.45, 7) is 4.28. The standard InChI is InChI=1S/C25H28N6O5/c1-15(2)22(29-25(33)36-3)24(32)30-11-5-7-21(30)23-27-14-19(28-23)16-8-9-20(31(34)35)18(12-16)17-6-4-10-26-13-17/h4,6,8-10,12-15,21-22H,5,7,11H2,1-3H3,(H,27,28)(H,29,33)/t21-,22-/m0/s1. The lowest BCUT2D eigenvalue weighted by Crippen LogP contribution is -2.51. The summed E-state index contributed by atoms with van der Waals surface area (Å²) in [6.07, 6.45) is 5.73. The topological polar surface area (TPSA) is 143 Å². The summed E-state index contributed by atoms with van der Waals surface area (Å²) in [6, 6.07) is 7.38. The number of pyridine rings is 1. The molecule has 4 rings (SSSR count). The maximum atomic E-state index is 13.3. The number of benzene rings is 1. The molecule has 0 unspecified atom stereocenters. The average Bonchev–Trinajstić information content (AvgIpc) is 3.56. The lowest BCUT2D eigenvalue weighted by atomic mass is 10.0. The van der Waals surface area contributed by atoms with Gasteiger partial charge in [-0.15, -0.1) is 0 Å². The second kappa shape index (κ2) is 10.5. The van der Waals surface area contributed by atoms with E-state index in [1.165, 1.54) is 13.2 Å². The van der Waals surface area contributed by atoms with Gasteiger partial charge in [-0.05, 0) is 37.0 Å². The molecular weight excluding hydrogens is 464 g/mol. The van der Waals surface area contributed by atoms with Crippen LogP contribution in [0.25, 0.3) is 22.4 Å². The minimum absolute atomic E-state index is 0.0168. The summed E-state index contributed by atoms with van der Waals surface area (Å²) in [5.41, 5.74) is 2.47. The van der Waals surface area contributed by atoms with Crippen LogP contribution in [0.5, 0.6) is 0 Å². The van der Waals surface area contributed by atoms with Gasteiger partial charge in [0.1, 0.15) is 11.9 Å². The van der Waals surface area contributed by atoms with Gasteiger partial charge in [0.05, 0.1) is 35.5 Å². The number of aromatic nitrogens is 3. The van der Waals surface area contributed by atoms with Crippen molar-refractivity contribution in [2.24, 2.45) is 5.92 Å². The average molecular weight is 493 g/mol. The Hall–Kier alpha value is -4.28. The fraction of sp³-hybridized carbons (Fsp3) is 0.360. The van der Waals surface area contributed by atoms with Crippen molar-refractivity contribution < 1.29 is 19.2 Å². The van der Waals surface area contributed by atoms with E-state index in [1.807, 2.05) is 13.8 Å². The van der Waals surface area contributed by atoms with Gasteiger partial charge in [-0.2, -0.15) is 0 Å². The number of ether oxygens (including phenoxy) is 1. The lowest BCUT2D eigenvalue weighted by Gasteiger charge is -2.30. The largest absolute Gasteiger partial charge is 0.453 e. The van der Waals surface area contributed by atoms with Gasteiger partial charge < -0.3 is 19.9 Å². The zero-order valence-electron chi connectivity index (χ0n) is 20.3. The van der Waals surface area contributed by atoms with Gasteiger partial charge in [-0.3, -0.25) is 19.9 Å². The highest BCUT2D eigenvalue weighted by Gasteiger charge is 2.37. The molecule has 0 bridgehead atoms. The van der Waals surface area contributed by atoms with Gasteiger partial charge in [0.15, 0.2) is 0 Å². The Morgan fingerprint density at radius 3 is 2.72 bits per heavy atom. The molecule has 11 heteroatoms. The third-order valence-corrected chi connectivity index (χ3v) is 6.32. The smallest absolute Gasteiger partial charge is 0.407 e. The van der Waals surface area contributed by atoms with Gasteiger partial charge in [0.2, 0.25) is 5.91 Å². The Kier molecular flexibility index (Phi) is 7.28. The first-order valence-corrected chi connectivity index (χ1v) is 11.7. The van der Waals surface area contributed by atoms with E-state index < -0.39 is 17.1 Å². The Labute approximate surface area is 208 Å². The van der Waals surface area contributed by atoms with Crippen LogP contribution in [-0.4, -0.2) is 56.5 Å². The number of H-pyrrole nitrogens is 1. The van der Waals surface area contributed by atoms with E-state index in [1.54, 1.807) is 47.8 Å². The summed E-state index contributed by atoms with van der Waals surface area (Å²) in [5.74, 6) is 0.304. The van der Waals surface area contributed by atoms with E-state index in [9.17, 15) is 19.7 Å². The Morgan fingerprint density at radius 2 is 2.06 bits per heavy atom. The summed E-state index contributed by atoms with van der Waals surface area (Å²) in [7, 11) is 1.26. The summed E-state index contributed by atoms with van der Waals surface area (Å²) >= 11 is 0. The molecule has 2 N–H and O–H groups in total. The Morgan fingerprint density at radius 1 is 1.25 bits per heavy atom. The number of imidazole rings is 1. The van der Waals surface area contributed by atoms with Crippen molar-refractivity contribution in [1.29, 1.82) is 0 Å². The molecule has 0 saturated carbocycles. The number of likely N-dealkylation sites (tertiary alicyclic amines) is 1. The molecule has 3 heterocycles. The summed E-state index contributed by atoms with van der Waals surface area (Å²) in [5, 5.41) is 14.2. The number of hydrogen-bond donors (Lipinski definition) is 2. The van der Waals surface area contributed by atoms with E-state index in [-0.39, 0.29) is 23.6 Å². The molecule has 11 nitrogen and oxygen atoms in total. The van der Waals surface area contributed by atoms with E-state index in [0.29, 0.717) is 29.2 Å². The third-order valence-electron chi connectivity index (χ3n) is 6.32. The molecule has 2 amide bonds. The van der Waals surface area contributed by atoms with Gasteiger partial charge in [-0.1, -0.05) is 19.9 Å². The third kappa shape index (κ3) is 5.04. The van der Waals surface area contributed by atoms with Crippen LogP contribution in [0, 0.1) is 16.0 Å². The highest BCUT2D eigenvalue weighted by molar-refractivity contribution is 5.86. The van der Waals surface area contributed by atoms with Crippen LogP contribution in [0.2, 0.25) is 0 Å². The maximum absolute atomic E-state index is 13.3. The van der Waals surface area contributed by atoms with Gasteiger partial charge in [0.25, 0.3) is 5.69 Å². The van der Waals surface area contributed by atoms with Crippen LogP contribution < -0.4 is 5.32 Å². The first-order valence-electron chi connectivity index (χ1n) is 11.7. The van der Waals surface area contributed by atoms with Crippen LogP contribution in [0.3, 0.4) is 0 Å². The zero-order valence-corrected chi connectivity index (χ0v) is 20.3. The maximum Gasteiger partial charge on any atom is 0.407 e. The molecule has 1 aliphatic rings. The van der Waals surface area contributed by atoms with Crippen LogP contribution in [0.4, 0.5) is 10.5 Å². The minimum Gasteiger partial charge on any atom is -0.453 e.